The maximum absolute atomic E-state index is 12.1. The van der Waals surface area contributed by atoms with Crippen LogP contribution < -0.4 is 9.64 Å². The van der Waals surface area contributed by atoms with Crippen molar-refractivity contribution < 1.29 is 9.66 Å². The van der Waals surface area contributed by atoms with Crippen molar-refractivity contribution in [1.29, 1.82) is 0 Å². The summed E-state index contributed by atoms with van der Waals surface area (Å²) in [6.45, 7) is 2.28. The Morgan fingerprint density at radius 3 is 2.35 bits per heavy atom. The fraction of sp³-hybridized carbons (Fsp3) is 0.0870. The Kier molecular flexibility index (Phi) is 5.79. The molecule has 8 heteroatoms. The van der Waals surface area contributed by atoms with Gasteiger partial charge in [-0.05, 0) is 36.8 Å². The SMILES string of the molecule is Cc1ccc(Oc2ncnc(N(Cc3ccccc3)c3ccccn3)c2[N+](=O)[O-])cc1. The lowest BCUT2D eigenvalue weighted by molar-refractivity contribution is -0.385. The topological polar surface area (TPSA) is 94.3 Å². The lowest BCUT2D eigenvalue weighted by Crippen LogP contribution is -2.20. The third kappa shape index (κ3) is 4.64. The van der Waals surface area contributed by atoms with E-state index < -0.39 is 4.92 Å². The summed E-state index contributed by atoms with van der Waals surface area (Å²) in [6.07, 6.45) is 2.89. The monoisotopic (exact) mass is 413 g/mol. The quantitative estimate of drug-likeness (QED) is 0.303. The van der Waals surface area contributed by atoms with Crippen LogP contribution in [0.25, 0.3) is 0 Å². The smallest absolute Gasteiger partial charge is 0.373 e. The molecule has 0 saturated carbocycles. The van der Waals surface area contributed by atoms with E-state index in [2.05, 4.69) is 15.0 Å². The molecule has 4 aromatic rings. The Hall–Kier alpha value is -4.33. The van der Waals surface area contributed by atoms with E-state index in [4.69, 9.17) is 4.74 Å². The van der Waals surface area contributed by atoms with Crippen molar-refractivity contribution in [3.8, 4) is 11.6 Å². The predicted octanol–water partition coefficient (Wildman–Crippen LogP) is 5.22. The molecule has 0 radical (unpaired) electrons. The number of hydrogen-bond donors (Lipinski definition) is 0. The number of ether oxygens (including phenoxy) is 1. The van der Waals surface area contributed by atoms with Gasteiger partial charge in [0.15, 0.2) is 0 Å². The van der Waals surface area contributed by atoms with Crippen molar-refractivity contribution in [2.75, 3.05) is 4.90 Å². The van der Waals surface area contributed by atoms with Gasteiger partial charge < -0.3 is 9.64 Å². The highest BCUT2D eigenvalue weighted by molar-refractivity contribution is 5.69. The van der Waals surface area contributed by atoms with E-state index in [9.17, 15) is 10.1 Å². The highest BCUT2D eigenvalue weighted by Crippen LogP contribution is 2.39. The van der Waals surface area contributed by atoms with Crippen LogP contribution in [0.15, 0.2) is 85.3 Å². The zero-order chi connectivity index (χ0) is 21.6. The summed E-state index contributed by atoms with van der Waals surface area (Å²) in [5, 5.41) is 12.1. The molecule has 31 heavy (non-hydrogen) atoms. The van der Waals surface area contributed by atoms with Crippen molar-refractivity contribution in [3.63, 3.8) is 0 Å². The van der Waals surface area contributed by atoms with E-state index in [1.54, 1.807) is 35.4 Å². The van der Waals surface area contributed by atoms with Crippen LogP contribution in [0.2, 0.25) is 0 Å². The molecule has 0 aliphatic carbocycles. The average molecular weight is 413 g/mol. The molecule has 0 saturated heterocycles. The van der Waals surface area contributed by atoms with E-state index in [0.717, 1.165) is 11.1 Å². The number of rotatable bonds is 7. The van der Waals surface area contributed by atoms with Crippen molar-refractivity contribution in [3.05, 3.63) is 107 Å². The van der Waals surface area contributed by atoms with Gasteiger partial charge in [-0.2, -0.15) is 4.98 Å². The molecule has 0 bridgehead atoms. The van der Waals surface area contributed by atoms with E-state index in [1.807, 2.05) is 55.5 Å². The second-order valence-electron chi connectivity index (χ2n) is 6.78. The minimum Gasteiger partial charge on any atom is -0.434 e. The minimum atomic E-state index is -0.528. The molecule has 0 aliphatic heterocycles. The minimum absolute atomic E-state index is 0.102. The molecule has 0 spiro atoms. The van der Waals surface area contributed by atoms with Crippen molar-refractivity contribution in [1.82, 2.24) is 15.0 Å². The molecular formula is C23H19N5O3. The third-order valence-corrected chi connectivity index (χ3v) is 4.55. The standard InChI is InChI=1S/C23H19N5O3/c1-17-10-12-19(13-11-17)31-23-21(28(29)30)22(25-16-26-23)27(20-9-5-6-14-24-20)15-18-7-3-2-4-8-18/h2-14,16H,15H2,1H3. The van der Waals surface area contributed by atoms with Crippen LogP contribution in [-0.4, -0.2) is 19.9 Å². The molecule has 0 fully saturated rings. The first kappa shape index (κ1) is 20.0. The Labute approximate surface area is 179 Å². The maximum Gasteiger partial charge on any atom is 0.373 e. The molecule has 2 heterocycles. The highest BCUT2D eigenvalue weighted by Gasteiger charge is 2.30. The Morgan fingerprint density at radius 2 is 1.68 bits per heavy atom. The predicted molar refractivity (Wildman–Crippen MR) is 116 cm³/mol. The summed E-state index contributed by atoms with van der Waals surface area (Å²) < 4.78 is 5.76. The number of nitrogens with zero attached hydrogens (tertiary/aromatic N) is 5. The second-order valence-corrected chi connectivity index (χ2v) is 6.78. The molecule has 2 aromatic heterocycles. The molecule has 0 N–H and O–H groups in total. The molecule has 8 nitrogen and oxygen atoms in total. The van der Waals surface area contributed by atoms with Crippen LogP contribution >= 0.6 is 0 Å². The molecule has 0 aliphatic rings. The van der Waals surface area contributed by atoms with Gasteiger partial charge in [0.1, 0.15) is 17.9 Å². The summed E-state index contributed by atoms with van der Waals surface area (Å²) >= 11 is 0. The Bertz CT molecular complexity index is 1170. The number of aromatic nitrogens is 3. The average Bonchev–Trinajstić information content (AvgIpc) is 2.80. The first-order valence-electron chi connectivity index (χ1n) is 9.58. The molecule has 154 valence electrons. The first-order valence-corrected chi connectivity index (χ1v) is 9.58. The zero-order valence-electron chi connectivity index (χ0n) is 16.8. The number of nitro groups is 1. The molecule has 2 aromatic carbocycles. The molecule has 0 unspecified atom stereocenters. The number of benzene rings is 2. The van der Waals surface area contributed by atoms with Gasteiger partial charge in [0.25, 0.3) is 0 Å². The van der Waals surface area contributed by atoms with Crippen LogP contribution in [0, 0.1) is 17.0 Å². The fourth-order valence-electron chi connectivity index (χ4n) is 3.05. The summed E-state index contributed by atoms with van der Waals surface area (Å²) in [4.78, 5) is 25.9. The lowest BCUT2D eigenvalue weighted by atomic mass is 10.2. The summed E-state index contributed by atoms with van der Waals surface area (Å²) in [6, 6.07) is 22.2. The summed E-state index contributed by atoms with van der Waals surface area (Å²) in [5.41, 5.74) is 1.67. The summed E-state index contributed by atoms with van der Waals surface area (Å²) in [5.74, 6) is 0.942. The van der Waals surface area contributed by atoms with Crippen molar-refractivity contribution in [2.45, 2.75) is 13.5 Å². The molecule has 0 amide bonds. The molecule has 4 rings (SSSR count). The van der Waals surface area contributed by atoms with Gasteiger partial charge in [-0.25, -0.2) is 9.97 Å². The van der Waals surface area contributed by atoms with E-state index in [1.165, 1.54) is 6.33 Å². The second kappa shape index (κ2) is 9.00. The number of pyridine rings is 1. The number of aryl methyl sites for hydroxylation is 1. The Balaban J connectivity index is 1.80. The number of hydrogen-bond acceptors (Lipinski definition) is 7. The van der Waals surface area contributed by atoms with Crippen molar-refractivity contribution in [2.24, 2.45) is 0 Å². The van der Waals surface area contributed by atoms with Crippen LogP contribution in [-0.2, 0) is 6.54 Å². The van der Waals surface area contributed by atoms with Gasteiger partial charge in [-0.3, -0.25) is 10.1 Å². The zero-order valence-corrected chi connectivity index (χ0v) is 16.8. The molecule has 0 atom stereocenters. The van der Waals surface area contributed by atoms with Crippen LogP contribution in [0.4, 0.5) is 17.3 Å². The van der Waals surface area contributed by atoms with Crippen LogP contribution in [0.3, 0.4) is 0 Å². The number of anilines is 2. The summed E-state index contributed by atoms with van der Waals surface area (Å²) in [7, 11) is 0. The third-order valence-electron chi connectivity index (χ3n) is 4.55. The van der Waals surface area contributed by atoms with Gasteiger partial charge in [-0.1, -0.05) is 54.1 Å². The Morgan fingerprint density at radius 1 is 0.935 bits per heavy atom. The normalized spacial score (nSPS) is 10.5. The maximum atomic E-state index is 12.1. The van der Waals surface area contributed by atoms with Gasteiger partial charge in [0.05, 0.1) is 11.5 Å². The highest BCUT2D eigenvalue weighted by atomic mass is 16.6. The van der Waals surface area contributed by atoms with Crippen LogP contribution in [0.1, 0.15) is 11.1 Å². The van der Waals surface area contributed by atoms with Gasteiger partial charge in [-0.15, -0.1) is 0 Å². The lowest BCUT2D eigenvalue weighted by Gasteiger charge is -2.22. The van der Waals surface area contributed by atoms with E-state index in [0.29, 0.717) is 18.1 Å². The fourth-order valence-corrected chi connectivity index (χ4v) is 3.05. The van der Waals surface area contributed by atoms with Crippen LogP contribution in [0.5, 0.6) is 11.6 Å². The van der Waals surface area contributed by atoms with Gasteiger partial charge >= 0.3 is 11.6 Å². The molecular weight excluding hydrogens is 394 g/mol. The van der Waals surface area contributed by atoms with Crippen molar-refractivity contribution >= 4 is 17.3 Å². The van der Waals surface area contributed by atoms with E-state index >= 15 is 0 Å². The largest absolute Gasteiger partial charge is 0.434 e. The van der Waals surface area contributed by atoms with E-state index in [-0.39, 0.29) is 17.4 Å². The van der Waals surface area contributed by atoms with Gasteiger partial charge in [0, 0.05) is 6.20 Å². The first-order chi connectivity index (χ1) is 15.1. The van der Waals surface area contributed by atoms with Gasteiger partial charge in [0.2, 0.25) is 5.82 Å².